The molecule has 0 amide bonds. The van der Waals surface area contributed by atoms with Crippen molar-refractivity contribution in [2.75, 3.05) is 24.6 Å². The Labute approximate surface area is 80.8 Å². The summed E-state index contributed by atoms with van der Waals surface area (Å²) < 4.78 is 34.9. The van der Waals surface area contributed by atoms with Gasteiger partial charge in [0.25, 0.3) is 0 Å². The largest absolute Gasteiger partial charge is 0.390 e. The third-order valence-electron chi connectivity index (χ3n) is 1.24. The summed E-state index contributed by atoms with van der Waals surface area (Å²) in [5.41, 5.74) is 0. The molecular weight excluding hydrogens is 199 g/mol. The normalized spacial score (nSPS) is 11.6. The van der Waals surface area contributed by atoms with Crippen molar-refractivity contribution in [3.8, 4) is 0 Å². The fraction of sp³-hybridized carbons (Fsp3) is 0.750. The highest BCUT2D eigenvalue weighted by atomic mass is 32.2. The maximum atomic E-state index is 11.6. The smallest absolute Gasteiger partial charge is 0.316 e. The molecule has 0 fully saturated rings. The monoisotopic (exact) mass is 213 g/mol. The number of rotatable bonds is 7. The number of halogens is 3. The second-order valence-corrected chi connectivity index (χ2v) is 3.63. The molecular formula is C8H14F3NS. The summed E-state index contributed by atoms with van der Waals surface area (Å²) in [5, 5.41) is 2.73. The molecule has 1 nitrogen and oxygen atoms in total. The topological polar surface area (TPSA) is 12.0 Å². The van der Waals surface area contributed by atoms with Gasteiger partial charge in [-0.3, -0.25) is 0 Å². The molecule has 0 unspecified atom stereocenters. The molecule has 0 heterocycles. The van der Waals surface area contributed by atoms with Crippen LogP contribution < -0.4 is 5.32 Å². The van der Waals surface area contributed by atoms with Gasteiger partial charge in [-0.15, -0.1) is 6.58 Å². The summed E-state index contributed by atoms with van der Waals surface area (Å²) in [6.07, 6.45) is -3.01. The van der Waals surface area contributed by atoms with Gasteiger partial charge in [0.05, 0.1) is 6.42 Å². The molecule has 5 heteroatoms. The van der Waals surface area contributed by atoms with Crippen LogP contribution in [0.1, 0.15) is 6.42 Å². The van der Waals surface area contributed by atoms with Crippen LogP contribution in [0.2, 0.25) is 0 Å². The van der Waals surface area contributed by atoms with Gasteiger partial charge in [-0.2, -0.15) is 24.9 Å². The van der Waals surface area contributed by atoms with Crippen molar-refractivity contribution in [3.63, 3.8) is 0 Å². The van der Waals surface area contributed by atoms with Gasteiger partial charge >= 0.3 is 6.18 Å². The van der Waals surface area contributed by atoms with Crippen LogP contribution in [0.4, 0.5) is 13.2 Å². The fourth-order valence-corrected chi connectivity index (χ4v) is 1.29. The van der Waals surface area contributed by atoms with Gasteiger partial charge in [0.1, 0.15) is 0 Å². The first-order valence-electron chi connectivity index (χ1n) is 4.02. The summed E-state index contributed by atoms with van der Waals surface area (Å²) in [6, 6.07) is 0. The van der Waals surface area contributed by atoms with Gasteiger partial charge in [-0.25, -0.2) is 0 Å². The molecule has 78 valence electrons. The van der Waals surface area contributed by atoms with Gasteiger partial charge < -0.3 is 5.32 Å². The van der Waals surface area contributed by atoms with E-state index in [1.807, 2.05) is 0 Å². The molecule has 0 saturated carbocycles. The van der Waals surface area contributed by atoms with E-state index < -0.39 is 12.6 Å². The van der Waals surface area contributed by atoms with Crippen molar-refractivity contribution < 1.29 is 13.2 Å². The highest BCUT2D eigenvalue weighted by Gasteiger charge is 2.25. The van der Waals surface area contributed by atoms with Crippen molar-refractivity contribution in [3.05, 3.63) is 12.7 Å². The zero-order valence-electron chi connectivity index (χ0n) is 7.36. The first-order chi connectivity index (χ1) is 6.06. The van der Waals surface area contributed by atoms with Crippen LogP contribution in [-0.4, -0.2) is 30.8 Å². The highest BCUT2D eigenvalue weighted by molar-refractivity contribution is 7.99. The van der Waals surface area contributed by atoms with E-state index in [-0.39, 0.29) is 6.54 Å². The first-order valence-corrected chi connectivity index (χ1v) is 5.18. The lowest BCUT2D eigenvalue weighted by Gasteiger charge is -2.06. The zero-order chi connectivity index (χ0) is 10.2. The Hall–Kier alpha value is -0.160. The second kappa shape index (κ2) is 7.26. The number of thioether (sulfide) groups is 1. The molecule has 0 atom stereocenters. The van der Waals surface area contributed by atoms with Crippen molar-refractivity contribution in [1.29, 1.82) is 0 Å². The maximum absolute atomic E-state index is 11.6. The van der Waals surface area contributed by atoms with E-state index in [0.717, 1.165) is 11.5 Å². The minimum Gasteiger partial charge on any atom is -0.316 e. The van der Waals surface area contributed by atoms with Crippen LogP contribution in [0.25, 0.3) is 0 Å². The van der Waals surface area contributed by atoms with Gasteiger partial charge in [0, 0.05) is 24.6 Å². The Kier molecular flexibility index (Phi) is 7.17. The third kappa shape index (κ3) is 11.8. The van der Waals surface area contributed by atoms with Crippen LogP contribution in [0.3, 0.4) is 0 Å². The molecule has 0 radical (unpaired) electrons. The highest BCUT2D eigenvalue weighted by Crippen LogP contribution is 2.17. The van der Waals surface area contributed by atoms with E-state index >= 15 is 0 Å². The molecule has 0 aliphatic carbocycles. The zero-order valence-corrected chi connectivity index (χ0v) is 8.18. The Bertz CT molecular complexity index is 136. The summed E-state index contributed by atoms with van der Waals surface area (Å²) in [4.78, 5) is 0. The van der Waals surface area contributed by atoms with Gasteiger partial charge in [0.2, 0.25) is 0 Å². The van der Waals surface area contributed by atoms with Crippen LogP contribution in [0.15, 0.2) is 12.7 Å². The molecule has 0 aliphatic heterocycles. The molecule has 13 heavy (non-hydrogen) atoms. The van der Waals surface area contributed by atoms with Crippen molar-refractivity contribution >= 4 is 11.8 Å². The predicted molar refractivity (Wildman–Crippen MR) is 51.1 cm³/mol. The lowest BCUT2D eigenvalue weighted by molar-refractivity contribution is -0.133. The van der Waals surface area contributed by atoms with Crippen molar-refractivity contribution in [2.45, 2.75) is 12.6 Å². The van der Waals surface area contributed by atoms with Crippen LogP contribution >= 0.6 is 11.8 Å². The fourth-order valence-electron chi connectivity index (χ4n) is 0.666. The molecule has 0 aromatic rings. The number of alkyl halides is 3. The van der Waals surface area contributed by atoms with E-state index in [1.165, 1.54) is 0 Å². The van der Waals surface area contributed by atoms with E-state index in [2.05, 4.69) is 11.9 Å². The Balaban J connectivity index is 3.04. The van der Waals surface area contributed by atoms with Crippen LogP contribution in [0.5, 0.6) is 0 Å². The quantitative estimate of drug-likeness (QED) is 0.515. The lowest BCUT2D eigenvalue weighted by atomic mass is 10.4. The Morgan fingerprint density at radius 3 is 2.54 bits per heavy atom. The Morgan fingerprint density at radius 1 is 1.31 bits per heavy atom. The molecule has 0 saturated heterocycles. The number of nitrogens with one attached hydrogen (secondary N) is 1. The SMILES string of the molecule is C=CCSCCNCCC(F)(F)F. The summed E-state index contributed by atoms with van der Waals surface area (Å²) in [7, 11) is 0. The molecule has 0 spiro atoms. The average Bonchev–Trinajstić information content (AvgIpc) is 2.01. The minimum absolute atomic E-state index is 0.0121. The van der Waals surface area contributed by atoms with Gasteiger partial charge in [-0.1, -0.05) is 6.08 Å². The third-order valence-corrected chi connectivity index (χ3v) is 2.21. The van der Waals surface area contributed by atoms with Crippen molar-refractivity contribution in [1.82, 2.24) is 5.32 Å². The Morgan fingerprint density at radius 2 is 2.00 bits per heavy atom. The van der Waals surface area contributed by atoms with Gasteiger partial charge in [0.15, 0.2) is 0 Å². The molecule has 1 N–H and O–H groups in total. The molecule has 0 rings (SSSR count). The van der Waals surface area contributed by atoms with E-state index in [4.69, 9.17) is 0 Å². The minimum atomic E-state index is -4.04. The van der Waals surface area contributed by atoms with Crippen LogP contribution in [-0.2, 0) is 0 Å². The predicted octanol–water partition coefficient (Wildman–Crippen LogP) is 2.45. The molecule has 0 aliphatic rings. The lowest BCUT2D eigenvalue weighted by Crippen LogP contribution is -2.23. The maximum Gasteiger partial charge on any atom is 0.390 e. The average molecular weight is 213 g/mol. The van der Waals surface area contributed by atoms with Crippen LogP contribution in [0, 0.1) is 0 Å². The number of hydrogen-bond acceptors (Lipinski definition) is 2. The second-order valence-electron chi connectivity index (χ2n) is 2.48. The number of hydrogen-bond donors (Lipinski definition) is 1. The summed E-state index contributed by atoms with van der Waals surface area (Å²) >= 11 is 1.65. The van der Waals surface area contributed by atoms with Gasteiger partial charge in [-0.05, 0) is 0 Å². The van der Waals surface area contributed by atoms with E-state index in [1.54, 1.807) is 17.8 Å². The van der Waals surface area contributed by atoms with Crippen molar-refractivity contribution in [2.24, 2.45) is 0 Å². The summed E-state index contributed by atoms with van der Waals surface area (Å²) in [5.74, 6) is 1.67. The molecule has 0 aromatic carbocycles. The standard InChI is InChI=1S/C8H14F3NS/c1-2-6-13-7-5-12-4-3-8(9,10)11/h2,12H,1,3-7H2. The van der Waals surface area contributed by atoms with E-state index in [9.17, 15) is 13.2 Å². The first kappa shape index (κ1) is 12.8. The summed E-state index contributed by atoms with van der Waals surface area (Å²) in [6.45, 7) is 4.17. The molecule has 0 bridgehead atoms. The molecule has 0 aromatic heterocycles. The van der Waals surface area contributed by atoms with E-state index in [0.29, 0.717) is 6.54 Å².